The number of rotatable bonds is 9. The van der Waals surface area contributed by atoms with Crippen LogP contribution in [0.5, 0.6) is 0 Å². The molecule has 0 rings (SSSR count). The van der Waals surface area contributed by atoms with Crippen molar-refractivity contribution in [3.05, 3.63) is 0 Å². The summed E-state index contributed by atoms with van der Waals surface area (Å²) in [4.78, 5) is 0. The largest absolute Gasteiger partial charge is 0.316 e. The van der Waals surface area contributed by atoms with E-state index in [0.29, 0.717) is 22.8 Å². The van der Waals surface area contributed by atoms with E-state index in [1.54, 1.807) is 0 Å². The standard InChI is InChI=1S/C15H33O8PS5/c1-13(2,3)27(17,18)10-23-24(16,25-11-28(19,20)14(4,5)6)26-12-29(21,22)15(7,8)9/h10-12H2,1-9H3. The third-order valence-electron chi connectivity index (χ3n) is 3.90. The molecule has 0 unspecified atom stereocenters. The molecule has 8 nitrogen and oxygen atoms in total. The van der Waals surface area contributed by atoms with E-state index in [-0.39, 0.29) is 0 Å². The van der Waals surface area contributed by atoms with Crippen LogP contribution in [0.15, 0.2) is 0 Å². The molecule has 0 N–H and O–H groups in total. The van der Waals surface area contributed by atoms with Crippen molar-refractivity contribution in [2.45, 2.75) is 76.6 Å². The average Bonchev–Trinajstić information content (AvgIpc) is 2.46. The molecule has 176 valence electrons. The summed E-state index contributed by atoms with van der Waals surface area (Å²) in [7, 11) is -11.2. The van der Waals surface area contributed by atoms with Gasteiger partial charge in [0.15, 0.2) is 35.5 Å². The zero-order valence-electron chi connectivity index (χ0n) is 18.4. The molecule has 0 spiro atoms. The molecule has 0 fully saturated rings. The lowest BCUT2D eigenvalue weighted by molar-refractivity contribution is 0.384. The smallest absolute Gasteiger partial charge is 0.297 e. The molecule has 0 aromatic carbocycles. The molecule has 0 aromatic heterocycles. The molecule has 0 bridgehead atoms. The van der Waals surface area contributed by atoms with Crippen LogP contribution in [-0.4, -0.2) is 55.6 Å². The van der Waals surface area contributed by atoms with Gasteiger partial charge in [-0.25, -0.2) is 25.3 Å². The van der Waals surface area contributed by atoms with Crippen LogP contribution in [0, 0.1) is 0 Å². The van der Waals surface area contributed by atoms with Crippen LogP contribution < -0.4 is 0 Å². The van der Waals surface area contributed by atoms with E-state index < -0.39 is 65.6 Å². The highest BCUT2D eigenvalue weighted by Gasteiger charge is 2.39. The minimum absolute atomic E-state index is 0.440. The third kappa shape index (κ3) is 8.65. The van der Waals surface area contributed by atoms with E-state index in [1.807, 2.05) is 0 Å². The summed E-state index contributed by atoms with van der Waals surface area (Å²) in [5.41, 5.74) is 0. The van der Waals surface area contributed by atoms with Gasteiger partial charge in [-0.3, -0.25) is 9.09 Å². The quantitative estimate of drug-likeness (QED) is 0.400. The van der Waals surface area contributed by atoms with Gasteiger partial charge in [0.2, 0.25) is 0 Å². The molecule has 0 saturated carbocycles. The molecule has 0 aliphatic rings. The molecule has 0 aliphatic heterocycles. The van der Waals surface area contributed by atoms with Crippen molar-refractivity contribution in [3.8, 4) is 0 Å². The fourth-order valence-corrected chi connectivity index (χ4v) is 16.9. The molecule has 0 atom stereocenters. The van der Waals surface area contributed by atoms with Gasteiger partial charge in [-0.2, -0.15) is 0 Å². The molecule has 0 radical (unpaired) electrons. The summed E-state index contributed by atoms with van der Waals surface area (Å²) in [6, 6.07) is 0. The maximum atomic E-state index is 13.2. The van der Waals surface area contributed by atoms with Crippen LogP contribution in [-0.2, 0) is 38.6 Å². The Labute approximate surface area is 184 Å². The Balaban J connectivity index is 5.74. The van der Waals surface area contributed by atoms with Gasteiger partial charge < -0.3 is 0 Å². The van der Waals surface area contributed by atoms with E-state index >= 15 is 0 Å². The Morgan fingerprint density at radius 3 is 1.14 bits per heavy atom. The second-order valence-corrected chi connectivity index (χ2v) is 25.6. The average molecular weight is 533 g/mol. The molecular weight excluding hydrogens is 499 g/mol. The van der Waals surface area contributed by atoms with Gasteiger partial charge in [0, 0.05) is 0 Å². The van der Waals surface area contributed by atoms with Gasteiger partial charge in [0.25, 0.3) is 0 Å². The number of hydrogen-bond donors (Lipinski definition) is 0. The topological polar surface area (TPSA) is 129 Å². The zero-order chi connectivity index (χ0) is 23.7. The van der Waals surface area contributed by atoms with E-state index in [2.05, 4.69) is 0 Å². The molecule has 0 aliphatic carbocycles. The minimum atomic E-state index is -4.02. The first-order valence-corrected chi connectivity index (χ1v) is 18.3. The highest BCUT2D eigenvalue weighted by atomic mass is 33.1. The van der Waals surface area contributed by atoms with Crippen LogP contribution >= 0.6 is 28.5 Å². The summed E-state index contributed by atoms with van der Waals surface area (Å²) in [5, 5.41) is -1.18. The van der Waals surface area contributed by atoms with Crippen molar-refractivity contribution in [2.24, 2.45) is 0 Å². The maximum Gasteiger partial charge on any atom is 0.316 e. The van der Waals surface area contributed by atoms with Crippen molar-refractivity contribution < 1.29 is 34.3 Å². The predicted molar refractivity (Wildman–Crippen MR) is 124 cm³/mol. The first-order chi connectivity index (χ1) is 12.4. The van der Waals surface area contributed by atoms with Gasteiger partial charge in [0.1, 0.15) is 10.2 Å². The first kappa shape index (κ1) is 29.7. The summed E-state index contributed by atoms with van der Waals surface area (Å²) in [6.07, 6.45) is 0. The van der Waals surface area contributed by atoms with Crippen molar-refractivity contribution in [2.75, 3.05) is 16.1 Å². The third-order valence-corrected chi connectivity index (χ3v) is 20.8. The fraction of sp³-hybridized carbons (Fsp3) is 1.00. The van der Waals surface area contributed by atoms with E-state index in [9.17, 15) is 29.8 Å². The zero-order valence-corrected chi connectivity index (χ0v) is 23.4. The monoisotopic (exact) mass is 532 g/mol. The molecule has 0 aromatic rings. The van der Waals surface area contributed by atoms with Crippen LogP contribution in [0.4, 0.5) is 0 Å². The van der Waals surface area contributed by atoms with Crippen molar-refractivity contribution in [3.63, 3.8) is 0 Å². The van der Waals surface area contributed by atoms with E-state index in [0.717, 1.165) is 0 Å². The van der Waals surface area contributed by atoms with Crippen LogP contribution in [0.1, 0.15) is 62.3 Å². The number of hydrogen-bond acceptors (Lipinski definition) is 10. The van der Waals surface area contributed by atoms with Gasteiger partial charge >= 0.3 is 5.77 Å². The molecule has 29 heavy (non-hydrogen) atoms. The van der Waals surface area contributed by atoms with Crippen LogP contribution in [0.2, 0.25) is 0 Å². The SMILES string of the molecule is CC(C)(C)S(=O)(=O)COP(=O)(SCS(=O)(=O)C(C)(C)C)SCS(=O)(=O)C(C)(C)C. The van der Waals surface area contributed by atoms with Gasteiger partial charge in [-0.1, -0.05) is 0 Å². The summed E-state index contributed by atoms with van der Waals surface area (Å²) in [6.45, 7) is 13.2. The van der Waals surface area contributed by atoms with Crippen LogP contribution in [0.3, 0.4) is 0 Å². The van der Waals surface area contributed by atoms with Crippen molar-refractivity contribution in [1.82, 2.24) is 0 Å². The fourth-order valence-electron chi connectivity index (χ4n) is 1.04. The van der Waals surface area contributed by atoms with E-state index in [4.69, 9.17) is 4.52 Å². The Bertz CT molecular complexity index is 807. The van der Waals surface area contributed by atoms with Crippen molar-refractivity contribution >= 4 is 58.0 Å². The molecule has 0 amide bonds. The van der Waals surface area contributed by atoms with Gasteiger partial charge in [0.05, 0.1) is 14.2 Å². The molecule has 14 heteroatoms. The summed E-state index contributed by atoms with van der Waals surface area (Å²) in [5.74, 6) is -4.93. The molecule has 0 heterocycles. The Morgan fingerprint density at radius 1 is 0.621 bits per heavy atom. The Morgan fingerprint density at radius 2 is 0.897 bits per heavy atom. The lowest BCUT2D eigenvalue weighted by atomic mass is 10.3. The number of sulfone groups is 3. The van der Waals surface area contributed by atoms with Crippen LogP contribution in [0.25, 0.3) is 0 Å². The van der Waals surface area contributed by atoms with Crippen molar-refractivity contribution in [1.29, 1.82) is 0 Å². The second-order valence-electron chi connectivity index (χ2n) is 9.37. The Hall–Kier alpha value is 0.740. The molecule has 0 saturated heterocycles. The second kappa shape index (κ2) is 9.31. The van der Waals surface area contributed by atoms with Gasteiger partial charge in [-0.15, -0.1) is 0 Å². The summed E-state index contributed by atoms with van der Waals surface area (Å²) >= 11 is 0.880. The maximum absolute atomic E-state index is 13.2. The summed E-state index contributed by atoms with van der Waals surface area (Å²) < 4.78 is 89.2. The predicted octanol–water partition coefficient (Wildman–Crippen LogP) is 4.09. The normalized spacial score (nSPS) is 15.5. The Kier molecular flexibility index (Phi) is 9.55. The molecular formula is C15H33O8PS5. The van der Waals surface area contributed by atoms with Gasteiger partial charge in [-0.05, 0) is 85.1 Å². The first-order valence-electron chi connectivity index (χ1n) is 8.57. The van der Waals surface area contributed by atoms with E-state index in [1.165, 1.54) is 62.3 Å². The lowest BCUT2D eigenvalue weighted by Gasteiger charge is -2.25. The lowest BCUT2D eigenvalue weighted by Crippen LogP contribution is -2.31. The highest BCUT2D eigenvalue weighted by molar-refractivity contribution is 8.90. The highest BCUT2D eigenvalue weighted by Crippen LogP contribution is 2.70. The minimum Gasteiger partial charge on any atom is -0.297 e.